The molecule has 0 aliphatic carbocycles. The molecule has 1 heterocycles. The molecule has 1 aliphatic rings. The number of esters is 1. The molecule has 1 aliphatic heterocycles. The van der Waals surface area contributed by atoms with Crippen LogP contribution in [-0.4, -0.2) is 35.0 Å². The quantitative estimate of drug-likeness (QED) is 0.637. The van der Waals surface area contributed by atoms with Gasteiger partial charge in [-0.3, -0.25) is 4.79 Å². The average Bonchev–Trinajstić information content (AvgIpc) is 2.93. The van der Waals surface area contributed by atoms with Gasteiger partial charge in [-0.1, -0.05) is 30.3 Å². The van der Waals surface area contributed by atoms with Gasteiger partial charge in [0.1, 0.15) is 11.6 Å². The van der Waals surface area contributed by atoms with E-state index in [1.807, 2.05) is 51.1 Å². The van der Waals surface area contributed by atoms with E-state index in [9.17, 15) is 9.59 Å². The van der Waals surface area contributed by atoms with E-state index < -0.39 is 11.6 Å². The lowest BCUT2D eigenvalue weighted by atomic mass is 10.1. The lowest BCUT2D eigenvalue weighted by Gasteiger charge is -2.26. The summed E-state index contributed by atoms with van der Waals surface area (Å²) < 4.78 is 5.41. The Hall–Kier alpha value is -2.10. The van der Waals surface area contributed by atoms with Gasteiger partial charge in [-0.25, -0.2) is 4.79 Å². The van der Waals surface area contributed by atoms with Crippen molar-refractivity contribution in [3.05, 3.63) is 42.0 Å². The largest absolute Gasteiger partial charge is 0.458 e. The standard InChI is InChI=1S/C18H23NO3/c1-18(2,3)22-17(21)15-10-7-13-19(15)16(20)12-11-14-8-5-4-6-9-14/h4-6,8-9,11-12,15H,7,10,13H2,1-3H3. The van der Waals surface area contributed by atoms with Crippen LogP contribution in [0.1, 0.15) is 39.2 Å². The molecular formula is C18H23NO3. The maximum Gasteiger partial charge on any atom is 0.329 e. The summed E-state index contributed by atoms with van der Waals surface area (Å²) in [5.74, 6) is -0.455. The van der Waals surface area contributed by atoms with Crippen molar-refractivity contribution in [3.63, 3.8) is 0 Å². The Morgan fingerprint density at radius 2 is 1.91 bits per heavy atom. The van der Waals surface area contributed by atoms with E-state index in [0.717, 1.165) is 12.0 Å². The van der Waals surface area contributed by atoms with Crippen molar-refractivity contribution in [1.82, 2.24) is 4.90 Å². The first-order valence-electron chi connectivity index (χ1n) is 7.63. The van der Waals surface area contributed by atoms with Crippen molar-refractivity contribution in [2.45, 2.75) is 45.3 Å². The van der Waals surface area contributed by atoms with Crippen molar-refractivity contribution in [2.24, 2.45) is 0 Å². The van der Waals surface area contributed by atoms with Gasteiger partial charge in [-0.2, -0.15) is 0 Å². The number of hydrogen-bond donors (Lipinski definition) is 0. The fourth-order valence-corrected chi connectivity index (χ4v) is 2.47. The molecule has 1 atom stereocenters. The zero-order valence-electron chi connectivity index (χ0n) is 13.4. The highest BCUT2D eigenvalue weighted by atomic mass is 16.6. The summed E-state index contributed by atoms with van der Waals surface area (Å²) in [7, 11) is 0. The van der Waals surface area contributed by atoms with Crippen molar-refractivity contribution in [1.29, 1.82) is 0 Å². The Bertz CT molecular complexity index is 557. The van der Waals surface area contributed by atoms with Gasteiger partial charge in [0.2, 0.25) is 5.91 Å². The van der Waals surface area contributed by atoms with Crippen LogP contribution in [0.5, 0.6) is 0 Å². The molecule has 4 nitrogen and oxygen atoms in total. The number of amides is 1. The molecule has 0 bridgehead atoms. The van der Waals surface area contributed by atoms with E-state index in [2.05, 4.69) is 0 Å². The van der Waals surface area contributed by atoms with Gasteiger partial charge in [-0.15, -0.1) is 0 Å². The van der Waals surface area contributed by atoms with Gasteiger partial charge in [0, 0.05) is 12.6 Å². The maximum absolute atomic E-state index is 12.3. The third-order valence-corrected chi connectivity index (χ3v) is 3.43. The summed E-state index contributed by atoms with van der Waals surface area (Å²) in [6, 6.07) is 9.16. The average molecular weight is 301 g/mol. The first-order chi connectivity index (χ1) is 10.4. The Labute approximate surface area is 131 Å². The van der Waals surface area contributed by atoms with Crippen LogP contribution >= 0.6 is 0 Å². The molecule has 0 aromatic heterocycles. The summed E-state index contributed by atoms with van der Waals surface area (Å²) in [5, 5.41) is 0. The number of nitrogens with zero attached hydrogens (tertiary/aromatic N) is 1. The van der Waals surface area contributed by atoms with Crippen LogP contribution in [-0.2, 0) is 14.3 Å². The zero-order valence-corrected chi connectivity index (χ0v) is 13.4. The third-order valence-electron chi connectivity index (χ3n) is 3.43. The molecule has 0 N–H and O–H groups in total. The van der Waals surface area contributed by atoms with E-state index in [-0.39, 0.29) is 11.9 Å². The van der Waals surface area contributed by atoms with Crippen LogP contribution in [0.3, 0.4) is 0 Å². The van der Waals surface area contributed by atoms with E-state index >= 15 is 0 Å². The number of likely N-dealkylation sites (tertiary alicyclic amines) is 1. The predicted octanol–water partition coefficient (Wildman–Crippen LogP) is 3.03. The van der Waals surface area contributed by atoms with Gasteiger partial charge in [-0.05, 0) is 45.3 Å². The lowest BCUT2D eigenvalue weighted by Crippen LogP contribution is -2.42. The fourth-order valence-electron chi connectivity index (χ4n) is 2.47. The SMILES string of the molecule is CC(C)(C)OC(=O)C1CCCN1C(=O)C=Cc1ccccc1. The number of ether oxygens (including phenoxy) is 1. The third kappa shape index (κ3) is 4.45. The number of benzene rings is 1. The van der Waals surface area contributed by atoms with Gasteiger partial charge < -0.3 is 9.64 Å². The molecule has 1 fully saturated rings. The van der Waals surface area contributed by atoms with Crippen LogP contribution in [0.15, 0.2) is 36.4 Å². The second-order valence-corrected chi connectivity index (χ2v) is 6.47. The zero-order chi connectivity index (χ0) is 16.2. The van der Waals surface area contributed by atoms with E-state index in [1.54, 1.807) is 11.0 Å². The summed E-state index contributed by atoms with van der Waals surface area (Å²) in [4.78, 5) is 26.1. The van der Waals surface area contributed by atoms with Gasteiger partial charge in [0.05, 0.1) is 0 Å². The maximum atomic E-state index is 12.3. The molecular weight excluding hydrogens is 278 g/mol. The van der Waals surface area contributed by atoms with Crippen LogP contribution in [0.4, 0.5) is 0 Å². The molecule has 1 unspecified atom stereocenters. The Balaban J connectivity index is 2.02. The van der Waals surface area contributed by atoms with Crippen LogP contribution in [0.2, 0.25) is 0 Å². The monoisotopic (exact) mass is 301 g/mol. The Kier molecular flexibility index (Phi) is 5.01. The molecule has 0 radical (unpaired) electrons. The van der Waals surface area contributed by atoms with Crippen LogP contribution < -0.4 is 0 Å². The van der Waals surface area contributed by atoms with Crippen LogP contribution in [0.25, 0.3) is 6.08 Å². The Morgan fingerprint density at radius 1 is 1.23 bits per heavy atom. The number of carbonyl (C=O) groups excluding carboxylic acids is 2. The minimum Gasteiger partial charge on any atom is -0.458 e. The molecule has 2 rings (SSSR count). The molecule has 0 spiro atoms. The number of carbonyl (C=O) groups is 2. The number of rotatable bonds is 3. The van der Waals surface area contributed by atoms with E-state index in [4.69, 9.17) is 4.74 Å². The van der Waals surface area contributed by atoms with Crippen molar-refractivity contribution < 1.29 is 14.3 Å². The van der Waals surface area contributed by atoms with Crippen LogP contribution in [0, 0.1) is 0 Å². The summed E-state index contributed by atoms with van der Waals surface area (Å²) in [5.41, 5.74) is 0.428. The van der Waals surface area contributed by atoms with E-state index in [0.29, 0.717) is 13.0 Å². The van der Waals surface area contributed by atoms with Crippen molar-refractivity contribution in [2.75, 3.05) is 6.54 Å². The van der Waals surface area contributed by atoms with Crippen molar-refractivity contribution >= 4 is 18.0 Å². The minimum absolute atomic E-state index is 0.141. The first kappa shape index (κ1) is 16.3. The second kappa shape index (κ2) is 6.77. The first-order valence-corrected chi connectivity index (χ1v) is 7.63. The Morgan fingerprint density at radius 3 is 2.55 bits per heavy atom. The molecule has 22 heavy (non-hydrogen) atoms. The van der Waals surface area contributed by atoms with Gasteiger partial charge >= 0.3 is 5.97 Å². The molecule has 1 aromatic rings. The summed E-state index contributed by atoms with van der Waals surface area (Å²) in [6.07, 6.45) is 4.79. The normalized spacial score (nSPS) is 18.7. The topological polar surface area (TPSA) is 46.6 Å². The minimum atomic E-state index is -0.533. The summed E-state index contributed by atoms with van der Waals surface area (Å²) in [6.45, 7) is 6.10. The van der Waals surface area contributed by atoms with Gasteiger partial charge in [0.15, 0.2) is 0 Å². The van der Waals surface area contributed by atoms with Gasteiger partial charge in [0.25, 0.3) is 0 Å². The molecule has 118 valence electrons. The van der Waals surface area contributed by atoms with E-state index in [1.165, 1.54) is 6.08 Å². The molecule has 4 heteroatoms. The number of hydrogen-bond acceptors (Lipinski definition) is 3. The van der Waals surface area contributed by atoms with Crippen molar-refractivity contribution in [3.8, 4) is 0 Å². The highest BCUT2D eigenvalue weighted by Crippen LogP contribution is 2.21. The highest BCUT2D eigenvalue weighted by Gasteiger charge is 2.35. The second-order valence-electron chi connectivity index (χ2n) is 6.47. The molecule has 0 saturated carbocycles. The fraction of sp³-hybridized carbons (Fsp3) is 0.444. The molecule has 1 aromatic carbocycles. The smallest absolute Gasteiger partial charge is 0.329 e. The lowest BCUT2D eigenvalue weighted by molar-refractivity contribution is -0.162. The predicted molar refractivity (Wildman–Crippen MR) is 86.1 cm³/mol. The molecule has 1 amide bonds. The highest BCUT2D eigenvalue weighted by molar-refractivity contribution is 5.95. The summed E-state index contributed by atoms with van der Waals surface area (Å²) >= 11 is 0. The molecule has 1 saturated heterocycles.